The number of rotatable bonds is 5. The smallest absolute Gasteiger partial charge is 0.0822 e. The van der Waals surface area contributed by atoms with Gasteiger partial charge in [-0.2, -0.15) is 0 Å². The molecule has 1 aromatic carbocycles. The first kappa shape index (κ1) is 13.8. The van der Waals surface area contributed by atoms with Crippen LogP contribution in [0.3, 0.4) is 0 Å². The number of benzene rings is 1. The van der Waals surface area contributed by atoms with Gasteiger partial charge >= 0.3 is 0 Å². The highest BCUT2D eigenvalue weighted by Crippen LogP contribution is 2.26. The predicted octanol–water partition coefficient (Wildman–Crippen LogP) is 3.22. The maximum atomic E-state index is 6.21. The molecule has 2 rings (SSSR count). The molecule has 2 aromatic rings. The van der Waals surface area contributed by atoms with E-state index in [1.807, 2.05) is 18.2 Å². The highest BCUT2D eigenvalue weighted by atomic mass is 35.5. The quantitative estimate of drug-likeness (QED) is 0.911. The van der Waals surface area contributed by atoms with Crippen molar-refractivity contribution < 1.29 is 0 Å². The molecule has 0 aliphatic heterocycles. The van der Waals surface area contributed by atoms with E-state index in [1.165, 1.54) is 11.1 Å². The summed E-state index contributed by atoms with van der Waals surface area (Å²) in [4.78, 5) is 6.24. The van der Waals surface area contributed by atoms with E-state index in [0.717, 1.165) is 18.8 Å². The van der Waals surface area contributed by atoms with Crippen LogP contribution in [0.5, 0.6) is 0 Å². The van der Waals surface area contributed by atoms with Crippen molar-refractivity contribution in [2.24, 2.45) is 5.73 Å². The lowest BCUT2D eigenvalue weighted by molar-refractivity contribution is 0.818. The fourth-order valence-electron chi connectivity index (χ4n) is 2.11. The lowest BCUT2D eigenvalue weighted by atomic mass is 10.1. The summed E-state index contributed by atoms with van der Waals surface area (Å²) in [5.74, 6) is 0. The second-order valence-electron chi connectivity index (χ2n) is 4.31. The lowest BCUT2D eigenvalue weighted by Gasteiger charge is -2.25. The van der Waals surface area contributed by atoms with E-state index in [4.69, 9.17) is 17.3 Å². The summed E-state index contributed by atoms with van der Waals surface area (Å²) in [6.45, 7) is 4.34. The van der Waals surface area contributed by atoms with Crippen molar-refractivity contribution in [1.82, 2.24) is 4.98 Å². The normalized spacial score (nSPS) is 10.5. The minimum atomic E-state index is 0.553. The number of pyridine rings is 1. The average Bonchev–Trinajstić information content (AvgIpc) is 2.46. The Bertz CT molecular complexity index is 542. The third-order valence-electron chi connectivity index (χ3n) is 3.17. The predicted molar refractivity (Wildman–Crippen MR) is 80.3 cm³/mol. The SMILES string of the molecule is CCN(Cc1ccccc1CN)c1ccncc1Cl. The first-order valence-electron chi connectivity index (χ1n) is 6.37. The monoisotopic (exact) mass is 275 g/mol. The number of nitrogens with zero attached hydrogens (tertiary/aromatic N) is 2. The maximum Gasteiger partial charge on any atom is 0.0822 e. The molecule has 0 spiro atoms. The molecule has 1 heterocycles. The molecule has 0 aliphatic carbocycles. The number of aromatic nitrogens is 1. The zero-order valence-corrected chi connectivity index (χ0v) is 11.8. The van der Waals surface area contributed by atoms with E-state index >= 15 is 0 Å². The van der Waals surface area contributed by atoms with Gasteiger partial charge in [-0.15, -0.1) is 0 Å². The molecule has 100 valence electrons. The van der Waals surface area contributed by atoms with Crippen LogP contribution in [0.4, 0.5) is 5.69 Å². The van der Waals surface area contributed by atoms with Crippen LogP contribution in [0.1, 0.15) is 18.1 Å². The third kappa shape index (κ3) is 3.25. The Morgan fingerprint density at radius 3 is 2.58 bits per heavy atom. The lowest BCUT2D eigenvalue weighted by Crippen LogP contribution is -2.23. The summed E-state index contributed by atoms with van der Waals surface area (Å²) in [6.07, 6.45) is 3.44. The molecule has 19 heavy (non-hydrogen) atoms. The first-order chi connectivity index (χ1) is 9.26. The van der Waals surface area contributed by atoms with Gasteiger partial charge in [0.15, 0.2) is 0 Å². The number of nitrogens with two attached hydrogens (primary N) is 1. The number of hydrogen-bond donors (Lipinski definition) is 1. The Morgan fingerprint density at radius 1 is 1.21 bits per heavy atom. The fourth-order valence-corrected chi connectivity index (χ4v) is 2.35. The van der Waals surface area contributed by atoms with Crippen molar-refractivity contribution in [3.8, 4) is 0 Å². The molecule has 0 atom stereocenters. The van der Waals surface area contributed by atoms with Gasteiger partial charge in [-0.05, 0) is 24.1 Å². The Morgan fingerprint density at radius 2 is 1.95 bits per heavy atom. The summed E-state index contributed by atoms with van der Waals surface area (Å²) < 4.78 is 0. The van der Waals surface area contributed by atoms with Crippen LogP contribution in [-0.4, -0.2) is 11.5 Å². The van der Waals surface area contributed by atoms with Crippen molar-refractivity contribution in [1.29, 1.82) is 0 Å². The summed E-state index contributed by atoms with van der Waals surface area (Å²) in [5.41, 5.74) is 9.20. The molecule has 0 unspecified atom stereocenters. The Hall–Kier alpha value is -1.58. The zero-order valence-electron chi connectivity index (χ0n) is 11.0. The molecule has 0 saturated carbocycles. The molecule has 1 aromatic heterocycles. The van der Waals surface area contributed by atoms with Crippen LogP contribution in [0.2, 0.25) is 5.02 Å². The Balaban J connectivity index is 2.27. The van der Waals surface area contributed by atoms with Gasteiger partial charge in [-0.1, -0.05) is 35.9 Å². The third-order valence-corrected chi connectivity index (χ3v) is 3.46. The molecular weight excluding hydrogens is 258 g/mol. The zero-order chi connectivity index (χ0) is 13.7. The number of hydrogen-bond acceptors (Lipinski definition) is 3. The van der Waals surface area contributed by atoms with Crippen LogP contribution >= 0.6 is 11.6 Å². The van der Waals surface area contributed by atoms with Crippen molar-refractivity contribution in [3.05, 3.63) is 58.9 Å². The van der Waals surface area contributed by atoms with Crippen LogP contribution in [0, 0.1) is 0 Å². The van der Waals surface area contributed by atoms with Gasteiger partial charge in [0, 0.05) is 32.0 Å². The van der Waals surface area contributed by atoms with Crippen LogP contribution in [0.15, 0.2) is 42.7 Å². The second-order valence-corrected chi connectivity index (χ2v) is 4.72. The summed E-state index contributed by atoms with van der Waals surface area (Å²) in [5, 5.41) is 0.676. The van der Waals surface area contributed by atoms with Crippen molar-refractivity contribution >= 4 is 17.3 Å². The van der Waals surface area contributed by atoms with Crippen LogP contribution in [0.25, 0.3) is 0 Å². The molecule has 0 saturated heterocycles. The van der Waals surface area contributed by atoms with E-state index in [-0.39, 0.29) is 0 Å². The van der Waals surface area contributed by atoms with Crippen molar-refractivity contribution in [3.63, 3.8) is 0 Å². The average molecular weight is 276 g/mol. The van der Waals surface area contributed by atoms with Crippen LogP contribution in [-0.2, 0) is 13.1 Å². The van der Waals surface area contributed by atoms with E-state index in [9.17, 15) is 0 Å². The molecule has 4 heteroatoms. The minimum Gasteiger partial charge on any atom is -0.366 e. The highest BCUT2D eigenvalue weighted by Gasteiger charge is 2.10. The molecule has 3 nitrogen and oxygen atoms in total. The van der Waals surface area contributed by atoms with Gasteiger partial charge in [0.05, 0.1) is 10.7 Å². The highest BCUT2D eigenvalue weighted by molar-refractivity contribution is 6.33. The van der Waals surface area contributed by atoms with Gasteiger partial charge in [0.25, 0.3) is 0 Å². The molecule has 2 N–H and O–H groups in total. The minimum absolute atomic E-state index is 0.553. The van der Waals surface area contributed by atoms with Crippen LogP contribution < -0.4 is 10.6 Å². The molecule has 0 bridgehead atoms. The standard InChI is InChI=1S/C15H18ClN3/c1-2-19(15-7-8-18-10-14(15)16)11-13-6-4-3-5-12(13)9-17/h3-8,10H,2,9,11,17H2,1H3. The number of halogens is 1. The molecular formula is C15H18ClN3. The Kier molecular flexibility index (Phi) is 4.77. The summed E-state index contributed by atoms with van der Waals surface area (Å²) in [7, 11) is 0. The van der Waals surface area contributed by atoms with E-state index in [0.29, 0.717) is 11.6 Å². The van der Waals surface area contributed by atoms with Crippen molar-refractivity contribution in [2.75, 3.05) is 11.4 Å². The van der Waals surface area contributed by atoms with Gasteiger partial charge in [0.1, 0.15) is 0 Å². The van der Waals surface area contributed by atoms with E-state index in [1.54, 1.807) is 12.4 Å². The fraction of sp³-hybridized carbons (Fsp3) is 0.267. The van der Waals surface area contributed by atoms with Gasteiger partial charge in [-0.25, -0.2) is 0 Å². The van der Waals surface area contributed by atoms with E-state index < -0.39 is 0 Å². The van der Waals surface area contributed by atoms with Crippen molar-refractivity contribution in [2.45, 2.75) is 20.0 Å². The van der Waals surface area contributed by atoms with E-state index in [2.05, 4.69) is 28.9 Å². The summed E-state index contributed by atoms with van der Waals surface area (Å²) >= 11 is 6.21. The molecule has 0 fully saturated rings. The molecule has 0 radical (unpaired) electrons. The molecule has 0 amide bonds. The Labute approximate surface area is 119 Å². The first-order valence-corrected chi connectivity index (χ1v) is 6.75. The number of anilines is 1. The largest absolute Gasteiger partial charge is 0.366 e. The summed E-state index contributed by atoms with van der Waals surface area (Å²) in [6, 6.07) is 10.2. The second kappa shape index (κ2) is 6.55. The maximum absolute atomic E-state index is 6.21. The van der Waals surface area contributed by atoms with Gasteiger partial charge < -0.3 is 10.6 Å². The topological polar surface area (TPSA) is 42.1 Å². The van der Waals surface area contributed by atoms with Gasteiger partial charge in [-0.3, -0.25) is 4.98 Å². The molecule has 0 aliphatic rings. The van der Waals surface area contributed by atoms with Gasteiger partial charge in [0.2, 0.25) is 0 Å².